The average Bonchev–Trinajstić information content (AvgIpc) is 2.73. The smallest absolute Gasteiger partial charge is 0.347 e. The first-order valence-electron chi connectivity index (χ1n) is 9.45. The summed E-state index contributed by atoms with van der Waals surface area (Å²) in [7, 11) is 0. The zero-order chi connectivity index (χ0) is 20.8. The number of aromatic nitrogens is 1. The first-order chi connectivity index (χ1) is 14.0. The Labute approximate surface area is 169 Å². The van der Waals surface area contributed by atoms with Crippen LogP contribution in [-0.2, 0) is 20.9 Å². The highest BCUT2D eigenvalue weighted by Gasteiger charge is 2.22. The van der Waals surface area contributed by atoms with Crippen molar-refractivity contribution in [3.8, 4) is 5.75 Å². The van der Waals surface area contributed by atoms with Crippen LogP contribution >= 0.6 is 0 Å². The molecule has 0 amide bonds. The number of hydrogen-bond donors (Lipinski definition) is 0. The second-order valence-electron chi connectivity index (χ2n) is 6.48. The van der Waals surface area contributed by atoms with Crippen molar-refractivity contribution in [2.24, 2.45) is 0 Å². The van der Waals surface area contributed by atoms with Crippen molar-refractivity contribution < 1.29 is 23.8 Å². The summed E-state index contributed by atoms with van der Waals surface area (Å²) in [5.74, 6) is -0.456. The fourth-order valence-electron chi connectivity index (χ4n) is 3.03. The van der Waals surface area contributed by atoms with Crippen LogP contribution in [-0.4, -0.2) is 29.6 Å². The Kier molecular flexibility index (Phi) is 6.44. The molecule has 0 spiro atoms. The summed E-state index contributed by atoms with van der Waals surface area (Å²) >= 11 is 0. The maximum Gasteiger partial charge on any atom is 0.347 e. The molecule has 1 heterocycles. The molecule has 3 aromatic rings. The lowest BCUT2D eigenvalue weighted by molar-refractivity contribution is -0.152. The molecule has 1 aromatic heterocycles. The lowest BCUT2D eigenvalue weighted by Gasteiger charge is -2.16. The van der Waals surface area contributed by atoms with Crippen LogP contribution in [0.4, 0.5) is 0 Å². The summed E-state index contributed by atoms with van der Waals surface area (Å²) in [6.07, 6.45) is -0.801. The van der Waals surface area contributed by atoms with Gasteiger partial charge in [0.25, 0.3) is 0 Å². The van der Waals surface area contributed by atoms with E-state index in [0.29, 0.717) is 17.0 Å². The number of esters is 2. The molecule has 6 heteroatoms. The number of ether oxygens (including phenoxy) is 3. The average molecular weight is 393 g/mol. The van der Waals surface area contributed by atoms with E-state index in [0.717, 1.165) is 16.5 Å². The second kappa shape index (κ2) is 9.19. The number of rotatable bonds is 7. The fraction of sp³-hybridized carbons (Fsp3) is 0.261. The third kappa shape index (κ3) is 4.71. The number of carbonyl (C=O) groups is 2. The molecule has 29 heavy (non-hydrogen) atoms. The molecule has 0 saturated carbocycles. The molecule has 3 rings (SSSR count). The van der Waals surface area contributed by atoms with Crippen LogP contribution in [0.1, 0.15) is 35.5 Å². The monoisotopic (exact) mass is 393 g/mol. The number of para-hydroxylation sites is 2. The zero-order valence-electron chi connectivity index (χ0n) is 16.7. The van der Waals surface area contributed by atoms with E-state index in [1.54, 1.807) is 26.0 Å². The highest BCUT2D eigenvalue weighted by molar-refractivity contribution is 5.98. The number of carbonyl (C=O) groups excluding carboxylic acids is 2. The van der Waals surface area contributed by atoms with Crippen molar-refractivity contribution in [1.29, 1.82) is 0 Å². The molecular weight excluding hydrogens is 370 g/mol. The first-order valence-corrected chi connectivity index (χ1v) is 9.45. The second-order valence-corrected chi connectivity index (χ2v) is 6.48. The SMILES string of the molecule is CCOC(=O)c1c(COC(=O)C(C)Oc2ccccc2)nc2ccccc2c1C. The van der Waals surface area contributed by atoms with Crippen LogP contribution < -0.4 is 4.74 Å². The van der Waals surface area contributed by atoms with Gasteiger partial charge in [0.15, 0.2) is 6.10 Å². The van der Waals surface area contributed by atoms with E-state index < -0.39 is 18.0 Å². The Morgan fingerprint density at radius 1 is 1.00 bits per heavy atom. The third-order valence-corrected chi connectivity index (χ3v) is 4.45. The number of nitrogens with zero attached hydrogens (tertiary/aromatic N) is 1. The summed E-state index contributed by atoms with van der Waals surface area (Å²) in [5, 5.41) is 0.853. The Bertz CT molecular complexity index is 1020. The molecule has 2 aromatic carbocycles. The van der Waals surface area contributed by atoms with Crippen LogP contribution in [0.15, 0.2) is 54.6 Å². The van der Waals surface area contributed by atoms with E-state index in [4.69, 9.17) is 14.2 Å². The topological polar surface area (TPSA) is 74.7 Å². The van der Waals surface area contributed by atoms with Gasteiger partial charge < -0.3 is 14.2 Å². The number of aryl methyl sites for hydroxylation is 1. The van der Waals surface area contributed by atoms with Crippen LogP contribution in [0, 0.1) is 6.92 Å². The van der Waals surface area contributed by atoms with Crippen LogP contribution in [0.5, 0.6) is 5.75 Å². The van der Waals surface area contributed by atoms with Gasteiger partial charge in [-0.3, -0.25) is 0 Å². The van der Waals surface area contributed by atoms with Gasteiger partial charge in [-0.1, -0.05) is 36.4 Å². The predicted molar refractivity (Wildman–Crippen MR) is 109 cm³/mol. The largest absolute Gasteiger partial charge is 0.479 e. The van der Waals surface area contributed by atoms with E-state index >= 15 is 0 Å². The van der Waals surface area contributed by atoms with Gasteiger partial charge in [-0.15, -0.1) is 0 Å². The van der Waals surface area contributed by atoms with Gasteiger partial charge in [0, 0.05) is 5.39 Å². The lowest BCUT2D eigenvalue weighted by Crippen LogP contribution is -2.26. The standard InChI is InChI=1S/C23H23NO5/c1-4-27-23(26)21-15(2)18-12-8-9-13-19(18)24-20(21)14-28-22(25)16(3)29-17-10-6-5-7-11-17/h5-13,16H,4,14H2,1-3H3. The van der Waals surface area contributed by atoms with Crippen molar-refractivity contribution in [2.45, 2.75) is 33.5 Å². The molecule has 0 fully saturated rings. The van der Waals surface area contributed by atoms with Gasteiger partial charge in [0.2, 0.25) is 0 Å². The number of benzene rings is 2. The Morgan fingerprint density at radius 3 is 2.41 bits per heavy atom. The number of hydrogen-bond acceptors (Lipinski definition) is 6. The van der Waals surface area contributed by atoms with Gasteiger partial charge in [-0.2, -0.15) is 0 Å². The molecule has 6 nitrogen and oxygen atoms in total. The third-order valence-electron chi connectivity index (χ3n) is 4.45. The highest BCUT2D eigenvalue weighted by Crippen LogP contribution is 2.24. The molecular formula is C23H23NO5. The minimum atomic E-state index is -0.801. The molecule has 0 aliphatic carbocycles. The molecule has 0 aliphatic heterocycles. The molecule has 0 bridgehead atoms. The van der Waals surface area contributed by atoms with Crippen molar-refractivity contribution in [3.63, 3.8) is 0 Å². The number of fused-ring (bicyclic) bond motifs is 1. The zero-order valence-corrected chi connectivity index (χ0v) is 16.7. The minimum Gasteiger partial charge on any atom is -0.479 e. The Morgan fingerprint density at radius 2 is 1.69 bits per heavy atom. The lowest BCUT2D eigenvalue weighted by atomic mass is 10.0. The minimum absolute atomic E-state index is 0.152. The van der Waals surface area contributed by atoms with Crippen LogP contribution in [0.3, 0.4) is 0 Å². The molecule has 1 unspecified atom stereocenters. The van der Waals surface area contributed by atoms with Crippen molar-refractivity contribution >= 4 is 22.8 Å². The summed E-state index contributed by atoms with van der Waals surface area (Å²) in [6, 6.07) is 16.5. The van der Waals surface area contributed by atoms with Crippen LogP contribution in [0.2, 0.25) is 0 Å². The number of pyridine rings is 1. The van der Waals surface area contributed by atoms with Gasteiger partial charge in [0.1, 0.15) is 12.4 Å². The van der Waals surface area contributed by atoms with Crippen LogP contribution in [0.25, 0.3) is 10.9 Å². The molecule has 150 valence electrons. The van der Waals surface area contributed by atoms with Gasteiger partial charge in [-0.25, -0.2) is 14.6 Å². The molecule has 0 aliphatic rings. The van der Waals surface area contributed by atoms with Gasteiger partial charge in [-0.05, 0) is 44.5 Å². The summed E-state index contributed by atoms with van der Waals surface area (Å²) in [4.78, 5) is 29.4. The maximum atomic E-state index is 12.5. The van der Waals surface area contributed by atoms with E-state index in [2.05, 4.69) is 4.98 Å². The normalized spacial score (nSPS) is 11.7. The molecule has 0 saturated heterocycles. The quantitative estimate of drug-likeness (QED) is 0.559. The van der Waals surface area contributed by atoms with E-state index in [-0.39, 0.29) is 13.2 Å². The molecule has 0 radical (unpaired) electrons. The maximum absolute atomic E-state index is 12.5. The summed E-state index contributed by atoms with van der Waals surface area (Å²) in [6.45, 7) is 5.28. The van der Waals surface area contributed by atoms with Crippen molar-refractivity contribution in [2.75, 3.05) is 6.61 Å². The Hall–Kier alpha value is -3.41. The first kappa shape index (κ1) is 20.3. The van der Waals surface area contributed by atoms with Crippen molar-refractivity contribution in [1.82, 2.24) is 4.98 Å². The van der Waals surface area contributed by atoms with Gasteiger partial charge >= 0.3 is 11.9 Å². The van der Waals surface area contributed by atoms with E-state index in [9.17, 15) is 9.59 Å². The molecule has 0 N–H and O–H groups in total. The Balaban J connectivity index is 1.82. The fourth-order valence-corrected chi connectivity index (χ4v) is 3.03. The van der Waals surface area contributed by atoms with Gasteiger partial charge in [0.05, 0.1) is 23.4 Å². The van der Waals surface area contributed by atoms with E-state index in [1.165, 1.54) is 0 Å². The van der Waals surface area contributed by atoms with Crippen molar-refractivity contribution in [3.05, 3.63) is 71.4 Å². The summed E-state index contributed by atoms with van der Waals surface area (Å²) in [5.41, 5.74) is 2.15. The van der Waals surface area contributed by atoms with E-state index in [1.807, 2.05) is 49.4 Å². The predicted octanol–water partition coefficient (Wildman–Crippen LogP) is 4.23. The molecule has 1 atom stereocenters. The highest BCUT2D eigenvalue weighted by atomic mass is 16.6. The summed E-state index contributed by atoms with van der Waals surface area (Å²) < 4.78 is 16.2.